The molecular formula is C12H17NO2. The number of likely N-dealkylation sites (tertiary alicyclic amines) is 1. The number of carboxylic acid groups (broad SMARTS) is 1. The predicted octanol–water partition coefficient (Wildman–Crippen LogP) is 1.19. The second-order valence-electron chi connectivity index (χ2n) is 4.59. The number of aliphatic carboxylic acids is 1. The molecule has 82 valence electrons. The molecule has 3 nitrogen and oxygen atoms in total. The van der Waals surface area contributed by atoms with Gasteiger partial charge in [0.1, 0.15) is 6.04 Å². The van der Waals surface area contributed by atoms with Crippen LogP contribution in [0.4, 0.5) is 0 Å². The summed E-state index contributed by atoms with van der Waals surface area (Å²) in [5.74, 6) is 2.90. The number of hydrogen-bond donors (Lipinski definition) is 1. The van der Waals surface area contributed by atoms with Gasteiger partial charge in [-0.1, -0.05) is 6.42 Å². The molecule has 15 heavy (non-hydrogen) atoms. The smallest absolute Gasteiger partial charge is 0.321 e. The highest BCUT2D eigenvalue weighted by Gasteiger charge is 2.47. The molecule has 1 saturated carbocycles. The molecule has 0 amide bonds. The van der Waals surface area contributed by atoms with Crippen LogP contribution in [-0.4, -0.2) is 35.1 Å². The first kappa shape index (κ1) is 10.5. The summed E-state index contributed by atoms with van der Waals surface area (Å²) in [7, 11) is 0. The van der Waals surface area contributed by atoms with E-state index in [1.807, 2.05) is 0 Å². The largest absolute Gasteiger partial charge is 0.480 e. The van der Waals surface area contributed by atoms with E-state index >= 15 is 0 Å². The number of hydrogen-bond acceptors (Lipinski definition) is 2. The molecule has 1 saturated heterocycles. The van der Waals surface area contributed by atoms with Crippen LogP contribution in [0.15, 0.2) is 0 Å². The molecule has 2 fully saturated rings. The minimum absolute atomic E-state index is 0.272. The Kier molecular flexibility index (Phi) is 2.97. The maximum Gasteiger partial charge on any atom is 0.321 e. The highest BCUT2D eigenvalue weighted by molar-refractivity contribution is 5.74. The van der Waals surface area contributed by atoms with Crippen molar-refractivity contribution in [3.8, 4) is 12.3 Å². The summed E-state index contributed by atoms with van der Waals surface area (Å²) in [6.45, 7) is 1.67. The van der Waals surface area contributed by atoms with Gasteiger partial charge in [0.05, 0.1) is 0 Å². The van der Waals surface area contributed by atoms with Crippen molar-refractivity contribution in [2.75, 3.05) is 13.1 Å². The molecule has 0 aromatic carbocycles. The van der Waals surface area contributed by atoms with Crippen LogP contribution >= 0.6 is 0 Å². The second kappa shape index (κ2) is 4.24. The molecule has 2 aliphatic rings. The molecule has 1 aliphatic carbocycles. The summed E-state index contributed by atoms with van der Waals surface area (Å²) >= 11 is 0. The van der Waals surface area contributed by atoms with Crippen LogP contribution in [0.1, 0.15) is 25.7 Å². The van der Waals surface area contributed by atoms with Crippen molar-refractivity contribution in [3.63, 3.8) is 0 Å². The van der Waals surface area contributed by atoms with Gasteiger partial charge in [0.25, 0.3) is 0 Å². The van der Waals surface area contributed by atoms with Crippen molar-refractivity contribution in [1.82, 2.24) is 4.90 Å². The summed E-state index contributed by atoms with van der Waals surface area (Å²) in [6.07, 6.45) is 9.35. The summed E-state index contributed by atoms with van der Waals surface area (Å²) in [5.41, 5.74) is 0. The SMILES string of the molecule is C#CCCN1CC2CCCC2C1C(=O)O. The Morgan fingerprint density at radius 2 is 2.33 bits per heavy atom. The van der Waals surface area contributed by atoms with E-state index in [0.717, 1.165) is 19.5 Å². The molecule has 0 aromatic heterocycles. The molecule has 1 aliphatic heterocycles. The molecule has 1 heterocycles. The standard InChI is InChI=1S/C12H17NO2/c1-2-3-7-13-8-9-5-4-6-10(9)11(13)12(14)15/h1,9-11H,3-8H2,(H,14,15). The van der Waals surface area contributed by atoms with Gasteiger partial charge in [-0.3, -0.25) is 9.69 Å². The Hall–Kier alpha value is -1.01. The molecule has 1 N–H and O–H groups in total. The lowest BCUT2D eigenvalue weighted by Gasteiger charge is -2.23. The van der Waals surface area contributed by atoms with E-state index in [1.54, 1.807) is 0 Å². The number of carbonyl (C=O) groups is 1. The van der Waals surface area contributed by atoms with Crippen molar-refractivity contribution in [3.05, 3.63) is 0 Å². The van der Waals surface area contributed by atoms with Gasteiger partial charge in [-0.2, -0.15) is 0 Å². The van der Waals surface area contributed by atoms with Crippen LogP contribution in [-0.2, 0) is 4.79 Å². The average molecular weight is 207 g/mol. The summed E-state index contributed by atoms with van der Waals surface area (Å²) in [5, 5.41) is 9.24. The number of nitrogens with zero attached hydrogens (tertiary/aromatic N) is 1. The van der Waals surface area contributed by atoms with Gasteiger partial charge in [0.2, 0.25) is 0 Å². The van der Waals surface area contributed by atoms with Gasteiger partial charge < -0.3 is 5.11 Å². The van der Waals surface area contributed by atoms with E-state index in [2.05, 4.69) is 10.8 Å². The fourth-order valence-electron chi connectivity index (χ4n) is 3.17. The monoisotopic (exact) mass is 207 g/mol. The van der Waals surface area contributed by atoms with E-state index in [0.29, 0.717) is 18.3 Å². The van der Waals surface area contributed by atoms with E-state index in [-0.39, 0.29) is 6.04 Å². The summed E-state index contributed by atoms with van der Waals surface area (Å²) < 4.78 is 0. The first-order valence-electron chi connectivity index (χ1n) is 5.64. The van der Waals surface area contributed by atoms with Crippen LogP contribution in [0.25, 0.3) is 0 Å². The van der Waals surface area contributed by atoms with Crippen molar-refractivity contribution in [2.24, 2.45) is 11.8 Å². The van der Waals surface area contributed by atoms with Crippen molar-refractivity contribution in [1.29, 1.82) is 0 Å². The van der Waals surface area contributed by atoms with E-state index < -0.39 is 5.97 Å². The maximum atomic E-state index is 11.2. The van der Waals surface area contributed by atoms with Gasteiger partial charge in [-0.05, 0) is 24.7 Å². The predicted molar refractivity (Wildman–Crippen MR) is 57.3 cm³/mol. The third kappa shape index (κ3) is 1.87. The van der Waals surface area contributed by atoms with Gasteiger partial charge in [0.15, 0.2) is 0 Å². The highest BCUT2D eigenvalue weighted by atomic mass is 16.4. The van der Waals surface area contributed by atoms with E-state index in [4.69, 9.17) is 6.42 Å². The zero-order valence-corrected chi connectivity index (χ0v) is 8.85. The zero-order valence-electron chi connectivity index (χ0n) is 8.85. The molecule has 3 heteroatoms. The quantitative estimate of drug-likeness (QED) is 0.707. The first-order valence-corrected chi connectivity index (χ1v) is 5.64. The lowest BCUT2D eigenvalue weighted by molar-refractivity contribution is -0.143. The normalized spacial score (nSPS) is 35.0. The van der Waals surface area contributed by atoms with E-state index in [1.165, 1.54) is 12.8 Å². The Labute approximate surface area is 90.5 Å². The van der Waals surface area contributed by atoms with Crippen LogP contribution in [0.3, 0.4) is 0 Å². The number of terminal acetylenes is 1. The van der Waals surface area contributed by atoms with Crippen LogP contribution in [0.2, 0.25) is 0 Å². The van der Waals surface area contributed by atoms with Crippen LogP contribution in [0.5, 0.6) is 0 Å². The Morgan fingerprint density at radius 1 is 1.53 bits per heavy atom. The third-order valence-corrected chi connectivity index (χ3v) is 3.78. The van der Waals surface area contributed by atoms with Crippen molar-refractivity contribution in [2.45, 2.75) is 31.7 Å². The average Bonchev–Trinajstić information content (AvgIpc) is 2.72. The van der Waals surface area contributed by atoms with Crippen molar-refractivity contribution < 1.29 is 9.90 Å². The molecule has 0 spiro atoms. The van der Waals surface area contributed by atoms with E-state index in [9.17, 15) is 9.90 Å². The zero-order chi connectivity index (χ0) is 10.8. The first-order chi connectivity index (χ1) is 7.24. The lowest BCUT2D eigenvalue weighted by atomic mass is 9.94. The Bertz CT molecular complexity index is 294. The molecule has 2 rings (SSSR count). The lowest BCUT2D eigenvalue weighted by Crippen LogP contribution is -2.39. The maximum absolute atomic E-state index is 11.2. The summed E-state index contributed by atoms with van der Waals surface area (Å²) in [4.78, 5) is 13.3. The Morgan fingerprint density at radius 3 is 3.00 bits per heavy atom. The van der Waals surface area contributed by atoms with Gasteiger partial charge in [-0.15, -0.1) is 12.3 Å². The molecule has 0 aromatic rings. The molecule has 0 bridgehead atoms. The van der Waals surface area contributed by atoms with Gasteiger partial charge >= 0.3 is 5.97 Å². The number of carboxylic acids is 1. The third-order valence-electron chi connectivity index (χ3n) is 3.78. The van der Waals surface area contributed by atoms with Crippen LogP contribution < -0.4 is 0 Å². The second-order valence-corrected chi connectivity index (χ2v) is 4.59. The number of rotatable bonds is 3. The van der Waals surface area contributed by atoms with Gasteiger partial charge in [-0.25, -0.2) is 0 Å². The highest BCUT2D eigenvalue weighted by Crippen LogP contribution is 2.42. The number of fused-ring (bicyclic) bond motifs is 1. The minimum atomic E-state index is -0.665. The Balaban J connectivity index is 2.06. The minimum Gasteiger partial charge on any atom is -0.480 e. The molecule has 3 unspecified atom stereocenters. The fourth-order valence-corrected chi connectivity index (χ4v) is 3.17. The topological polar surface area (TPSA) is 40.5 Å². The van der Waals surface area contributed by atoms with Gasteiger partial charge in [0, 0.05) is 19.5 Å². The fraction of sp³-hybridized carbons (Fsp3) is 0.750. The summed E-state index contributed by atoms with van der Waals surface area (Å²) in [6, 6.07) is -0.272. The molecule has 3 atom stereocenters. The van der Waals surface area contributed by atoms with Crippen LogP contribution in [0, 0.1) is 24.2 Å². The molecular weight excluding hydrogens is 190 g/mol. The van der Waals surface area contributed by atoms with Crippen molar-refractivity contribution >= 4 is 5.97 Å². The molecule has 0 radical (unpaired) electrons.